The zero-order valence-electron chi connectivity index (χ0n) is 38.9. The fourth-order valence-corrected chi connectivity index (χ4v) is 8.27. The molecule has 72 heavy (non-hydrogen) atoms. The molecule has 9 rings (SSSR count). The molecule has 0 aliphatic carbocycles. The Morgan fingerprint density at radius 3 is 0.722 bits per heavy atom. The Bertz CT molecular complexity index is 2780. The Balaban J connectivity index is 1.30. The van der Waals surface area contributed by atoms with Gasteiger partial charge in [-0.3, -0.25) is 0 Å². The molecule has 370 valence electrons. The van der Waals surface area contributed by atoms with Crippen molar-refractivity contribution in [2.24, 2.45) is 0 Å². The second-order valence-corrected chi connectivity index (χ2v) is 17.2. The van der Waals surface area contributed by atoms with Gasteiger partial charge >= 0.3 is 0 Å². The van der Waals surface area contributed by atoms with Crippen LogP contribution in [0.15, 0.2) is 121 Å². The van der Waals surface area contributed by atoms with Crippen LogP contribution in [0.25, 0.3) is 90.9 Å². The third-order valence-corrected chi connectivity index (χ3v) is 11.9. The van der Waals surface area contributed by atoms with E-state index in [9.17, 15) is 40.9 Å². The second kappa shape index (κ2) is 22.6. The second-order valence-electron chi connectivity index (χ2n) is 17.2. The number of aromatic amines is 2. The van der Waals surface area contributed by atoms with Crippen molar-refractivity contribution in [2.75, 3.05) is 52.9 Å². The Kier molecular flexibility index (Phi) is 15.5. The summed E-state index contributed by atoms with van der Waals surface area (Å²) in [6.45, 7) is -2.03. The van der Waals surface area contributed by atoms with Gasteiger partial charge in [0.1, 0.15) is 73.8 Å². The minimum absolute atomic E-state index is 0.0802. The van der Waals surface area contributed by atoms with Crippen molar-refractivity contribution in [3.05, 3.63) is 144 Å². The third kappa shape index (κ3) is 11.3. The van der Waals surface area contributed by atoms with Crippen molar-refractivity contribution in [3.63, 3.8) is 0 Å². The number of fused-ring (bicyclic) bond motifs is 8. The molecule has 4 aromatic carbocycles. The highest BCUT2D eigenvalue weighted by Gasteiger charge is 2.20. The number of benzene rings is 4. The van der Waals surface area contributed by atoms with Gasteiger partial charge in [0, 0.05) is 44.3 Å². The maximum atomic E-state index is 9.95. The van der Waals surface area contributed by atoms with Gasteiger partial charge in [0.2, 0.25) is 0 Å². The summed E-state index contributed by atoms with van der Waals surface area (Å²) in [6, 6.07) is 37.6. The molecular weight excluding hydrogens is 921 g/mol. The summed E-state index contributed by atoms with van der Waals surface area (Å²) in [4.78, 5) is 18.1. The molecule has 16 nitrogen and oxygen atoms in total. The molecule has 0 fully saturated rings. The lowest BCUT2D eigenvalue weighted by Gasteiger charge is -2.11. The van der Waals surface area contributed by atoms with Crippen molar-refractivity contribution in [1.82, 2.24) is 19.9 Å². The molecule has 4 unspecified atom stereocenters. The van der Waals surface area contributed by atoms with E-state index in [1.54, 1.807) is 48.5 Å². The minimum atomic E-state index is -1.03. The van der Waals surface area contributed by atoms with Crippen LogP contribution in [0.4, 0.5) is 0 Å². The first kappa shape index (κ1) is 49.3. The van der Waals surface area contributed by atoms with E-state index in [0.717, 1.165) is 66.6 Å². The molecule has 3 aromatic heterocycles. The molecule has 2 aliphatic heterocycles. The topological polar surface area (TPSA) is 256 Å². The summed E-state index contributed by atoms with van der Waals surface area (Å²) in [6.07, 6.45) is 3.74. The normalized spacial score (nSPS) is 13.7. The summed E-state index contributed by atoms with van der Waals surface area (Å²) in [5.41, 5.74) is 11.9. The van der Waals surface area contributed by atoms with Crippen LogP contribution >= 0.6 is 0 Å². The predicted molar refractivity (Wildman–Crippen MR) is 275 cm³/mol. The summed E-state index contributed by atoms with van der Waals surface area (Å²) < 4.78 is 23.1. The van der Waals surface area contributed by atoms with Crippen molar-refractivity contribution in [2.45, 2.75) is 24.4 Å². The number of nitrogens with one attached hydrogen (secondary N) is 2. The van der Waals surface area contributed by atoms with Crippen LogP contribution in [0.2, 0.25) is 0 Å². The largest absolute Gasteiger partial charge is 0.491 e. The van der Waals surface area contributed by atoms with Crippen LogP contribution in [-0.4, -0.2) is 138 Å². The van der Waals surface area contributed by atoms with Gasteiger partial charge in [0.05, 0.1) is 49.2 Å². The lowest BCUT2D eigenvalue weighted by molar-refractivity contribution is 0.0536. The van der Waals surface area contributed by atoms with Crippen molar-refractivity contribution in [1.29, 1.82) is 0 Å². The highest BCUT2D eigenvalue weighted by atomic mass is 16.5. The zero-order valence-corrected chi connectivity index (χ0v) is 38.9. The SMILES string of the molecule is OCC(O)COc1ccc(-c2c3nc(c(-c4ccc(OCC(O)CO)cc4)c4ccc([nH]4)c(-c4ccc(OCC(O)CO)cc4)c4nc(c(-c5ccc(OCC(O)CO)cc5)c5ccc2[nH]5)C=C4)C=C3)cc1. The van der Waals surface area contributed by atoms with Gasteiger partial charge in [-0.15, -0.1) is 0 Å². The van der Waals surface area contributed by atoms with E-state index >= 15 is 0 Å². The average molecular weight is 975 g/mol. The summed E-state index contributed by atoms with van der Waals surface area (Å²) in [5.74, 6) is 2.02. The van der Waals surface area contributed by atoms with Gasteiger partial charge in [-0.1, -0.05) is 48.5 Å². The number of ether oxygens (including phenoxy) is 4. The zero-order chi connectivity index (χ0) is 50.1. The number of H-pyrrole nitrogens is 2. The highest BCUT2D eigenvalue weighted by molar-refractivity contribution is 6.00. The molecular formula is C56H54N4O12. The number of nitrogens with zero attached hydrogens (tertiary/aromatic N) is 2. The van der Waals surface area contributed by atoms with Gasteiger partial charge in [-0.25, -0.2) is 9.97 Å². The molecule has 8 bridgehead atoms. The Hall–Kier alpha value is -7.64. The number of hydrogen-bond donors (Lipinski definition) is 10. The van der Waals surface area contributed by atoms with E-state index < -0.39 is 50.8 Å². The van der Waals surface area contributed by atoms with E-state index in [1.807, 2.05) is 97.1 Å². The number of rotatable bonds is 20. The van der Waals surface area contributed by atoms with Crippen LogP contribution in [-0.2, 0) is 0 Å². The van der Waals surface area contributed by atoms with Crippen LogP contribution in [0.3, 0.4) is 0 Å². The molecule has 0 radical (unpaired) electrons. The molecule has 5 heterocycles. The van der Waals surface area contributed by atoms with Crippen molar-refractivity contribution < 1.29 is 59.8 Å². The fraction of sp³-hybridized carbons (Fsp3) is 0.214. The molecule has 0 saturated heterocycles. The summed E-state index contributed by atoms with van der Waals surface area (Å²) in [7, 11) is 0. The Morgan fingerprint density at radius 1 is 0.319 bits per heavy atom. The average Bonchev–Trinajstić information content (AvgIpc) is 4.28. The number of aromatic nitrogens is 4. The monoisotopic (exact) mass is 974 g/mol. The number of aliphatic hydroxyl groups is 8. The molecule has 10 N–H and O–H groups in total. The van der Waals surface area contributed by atoms with E-state index in [0.29, 0.717) is 45.8 Å². The molecule has 0 amide bonds. The van der Waals surface area contributed by atoms with E-state index in [-0.39, 0.29) is 26.4 Å². The third-order valence-electron chi connectivity index (χ3n) is 11.9. The van der Waals surface area contributed by atoms with E-state index in [2.05, 4.69) is 9.97 Å². The molecule has 16 heteroatoms. The lowest BCUT2D eigenvalue weighted by atomic mass is 10.0. The molecule has 0 saturated carbocycles. The first-order valence-corrected chi connectivity index (χ1v) is 23.4. The first-order chi connectivity index (χ1) is 35.1. The van der Waals surface area contributed by atoms with E-state index in [4.69, 9.17) is 28.9 Å². The standard InChI is InChI=1S/C56H54N4O12/c61-25-37(65)29-69-41-9-1-33(2-10-41)53-45-17-19-47(57-45)54(34-3-11-42(12-4-34)70-30-38(66)26-62)49-21-23-51(59-49)56(36-7-15-44(16-8-36)72-32-40(68)28-64)52-24-22-50(60-52)55(48-20-18-46(53)58-48)35-5-13-43(14-6-35)71-31-39(67)27-63/h1-24,37-40,57,60-68H,25-32H2. The van der Waals surface area contributed by atoms with Crippen LogP contribution < -0.4 is 18.9 Å². The van der Waals surface area contributed by atoms with Crippen LogP contribution in [0.1, 0.15) is 22.8 Å². The Labute approximate surface area is 413 Å². The molecule has 2 aliphatic rings. The van der Waals surface area contributed by atoms with Gasteiger partial charge in [0.15, 0.2) is 0 Å². The fourth-order valence-electron chi connectivity index (χ4n) is 8.27. The van der Waals surface area contributed by atoms with Gasteiger partial charge < -0.3 is 69.8 Å². The van der Waals surface area contributed by atoms with Crippen molar-refractivity contribution in [3.8, 4) is 67.5 Å². The molecule has 4 atom stereocenters. The lowest BCUT2D eigenvalue weighted by Crippen LogP contribution is -2.21. The van der Waals surface area contributed by atoms with E-state index in [1.165, 1.54) is 0 Å². The maximum Gasteiger partial charge on any atom is 0.119 e. The summed E-state index contributed by atoms with van der Waals surface area (Å²) >= 11 is 0. The highest BCUT2D eigenvalue weighted by Crippen LogP contribution is 2.39. The minimum Gasteiger partial charge on any atom is -0.491 e. The van der Waals surface area contributed by atoms with Crippen molar-refractivity contribution >= 4 is 46.4 Å². The van der Waals surface area contributed by atoms with Crippen LogP contribution in [0.5, 0.6) is 23.0 Å². The first-order valence-electron chi connectivity index (χ1n) is 23.4. The number of aliphatic hydroxyl groups excluding tert-OH is 8. The van der Waals surface area contributed by atoms with Crippen LogP contribution in [0, 0.1) is 0 Å². The van der Waals surface area contributed by atoms with Gasteiger partial charge in [-0.05, 0) is 119 Å². The Morgan fingerprint density at radius 2 is 0.528 bits per heavy atom. The molecule has 7 aromatic rings. The molecule has 0 spiro atoms. The number of hydrogen-bond acceptors (Lipinski definition) is 14. The van der Waals surface area contributed by atoms with Gasteiger partial charge in [-0.2, -0.15) is 0 Å². The quantitative estimate of drug-likeness (QED) is 0.0405. The van der Waals surface area contributed by atoms with Gasteiger partial charge in [0.25, 0.3) is 0 Å². The summed E-state index contributed by atoms with van der Waals surface area (Å²) in [5, 5.41) is 77.2. The smallest absolute Gasteiger partial charge is 0.119 e. The maximum absolute atomic E-state index is 9.95. The predicted octanol–water partition coefficient (Wildman–Crippen LogP) is 6.25.